The average molecular weight is 471 g/mol. The average Bonchev–Trinajstić information content (AvgIpc) is 2.78. The third-order valence-corrected chi connectivity index (χ3v) is 7.46. The molecule has 0 aromatic heterocycles. The molecule has 1 aliphatic rings. The Balaban J connectivity index is 1.63. The van der Waals surface area contributed by atoms with Crippen LogP contribution in [0.1, 0.15) is 16.7 Å². The molecule has 1 N–H and O–H groups in total. The van der Waals surface area contributed by atoms with E-state index in [0.717, 1.165) is 16.7 Å². The van der Waals surface area contributed by atoms with Crippen LogP contribution in [0, 0.1) is 13.8 Å². The number of carbonyl (C=O) groups excluding carboxylic acids is 1. The number of nitrogens with one attached hydrogen (secondary N) is 1. The van der Waals surface area contributed by atoms with Gasteiger partial charge in [0.2, 0.25) is 0 Å². The molecule has 1 amide bonds. The zero-order valence-electron chi connectivity index (χ0n) is 17.7. The fraction of sp³-hybridized carbons (Fsp3) is 0.208. The van der Waals surface area contributed by atoms with Crippen molar-refractivity contribution in [2.45, 2.75) is 31.4 Å². The molecule has 0 unspecified atom stereocenters. The van der Waals surface area contributed by atoms with E-state index in [2.05, 4.69) is 5.32 Å². The molecule has 0 saturated carbocycles. The molecule has 1 atom stereocenters. The van der Waals surface area contributed by atoms with E-state index in [9.17, 15) is 13.2 Å². The van der Waals surface area contributed by atoms with Crippen LogP contribution >= 0.6 is 11.6 Å². The molecule has 1 aliphatic heterocycles. The number of aryl methyl sites for hydroxylation is 2. The van der Waals surface area contributed by atoms with E-state index >= 15 is 0 Å². The third kappa shape index (κ3) is 4.45. The van der Waals surface area contributed by atoms with Crippen LogP contribution in [0.15, 0.2) is 71.6 Å². The van der Waals surface area contributed by atoms with Gasteiger partial charge in [-0.1, -0.05) is 53.6 Å². The first-order chi connectivity index (χ1) is 15.3. The van der Waals surface area contributed by atoms with E-state index < -0.39 is 22.0 Å². The monoisotopic (exact) mass is 470 g/mol. The van der Waals surface area contributed by atoms with Crippen molar-refractivity contribution in [3.8, 4) is 5.75 Å². The van der Waals surface area contributed by atoms with Crippen molar-refractivity contribution < 1.29 is 17.9 Å². The number of nitrogens with zero attached hydrogens (tertiary/aromatic N) is 1. The Morgan fingerprint density at radius 1 is 1.06 bits per heavy atom. The molecule has 0 fully saturated rings. The molecule has 6 nitrogen and oxygen atoms in total. The Morgan fingerprint density at radius 3 is 2.47 bits per heavy atom. The zero-order chi connectivity index (χ0) is 22.9. The smallest absolute Gasteiger partial charge is 0.264 e. The van der Waals surface area contributed by atoms with Crippen molar-refractivity contribution in [1.82, 2.24) is 5.32 Å². The van der Waals surface area contributed by atoms with E-state index in [1.54, 1.807) is 42.5 Å². The Bertz CT molecular complexity index is 1260. The number of benzene rings is 3. The second kappa shape index (κ2) is 8.84. The second-order valence-electron chi connectivity index (χ2n) is 7.74. The van der Waals surface area contributed by atoms with E-state index in [4.69, 9.17) is 16.3 Å². The van der Waals surface area contributed by atoms with Gasteiger partial charge in [0.25, 0.3) is 15.9 Å². The molecule has 166 valence electrons. The minimum Gasteiger partial charge on any atom is -0.476 e. The molecule has 0 spiro atoms. The minimum absolute atomic E-state index is 0.138. The highest BCUT2D eigenvalue weighted by Gasteiger charge is 2.37. The lowest BCUT2D eigenvalue weighted by Gasteiger charge is -2.35. The molecule has 0 radical (unpaired) electrons. The lowest BCUT2D eigenvalue weighted by molar-refractivity contribution is -0.127. The van der Waals surface area contributed by atoms with Crippen LogP contribution in [0.3, 0.4) is 0 Å². The molecular weight excluding hydrogens is 448 g/mol. The summed E-state index contributed by atoms with van der Waals surface area (Å²) in [5, 5.41) is 3.34. The summed E-state index contributed by atoms with van der Waals surface area (Å²) in [5.41, 5.74) is 3.02. The van der Waals surface area contributed by atoms with Crippen LogP contribution < -0.4 is 14.4 Å². The van der Waals surface area contributed by atoms with Gasteiger partial charge in [-0.05, 0) is 55.3 Å². The molecule has 3 aromatic rings. The fourth-order valence-corrected chi connectivity index (χ4v) is 5.17. The maximum Gasteiger partial charge on any atom is 0.264 e. The molecule has 8 heteroatoms. The SMILES string of the molecule is Cc1ccc(S(=O)(=O)N2C[C@@H](C(=O)NCc3ccccc3Cl)Oc3ccc(C)cc32)cc1. The van der Waals surface area contributed by atoms with Crippen LogP contribution in [0.25, 0.3) is 0 Å². The van der Waals surface area contributed by atoms with E-state index in [1.165, 1.54) is 4.31 Å². The van der Waals surface area contributed by atoms with E-state index in [-0.39, 0.29) is 18.0 Å². The highest BCUT2D eigenvalue weighted by Crippen LogP contribution is 2.37. The van der Waals surface area contributed by atoms with Crippen molar-refractivity contribution in [3.63, 3.8) is 0 Å². The predicted octanol–water partition coefficient (Wildman–Crippen LogP) is 4.23. The molecular formula is C24H23ClN2O4S. The number of fused-ring (bicyclic) bond motifs is 1. The first kappa shape index (κ1) is 22.2. The number of amides is 1. The summed E-state index contributed by atoms with van der Waals surface area (Å²) in [6.45, 7) is 3.84. The Labute approximate surface area is 192 Å². The Hall–Kier alpha value is -3.03. The van der Waals surface area contributed by atoms with Gasteiger partial charge < -0.3 is 10.1 Å². The van der Waals surface area contributed by atoms with Crippen LogP contribution in [0.4, 0.5) is 5.69 Å². The molecule has 3 aromatic carbocycles. The third-order valence-electron chi connectivity index (χ3n) is 5.30. The summed E-state index contributed by atoms with van der Waals surface area (Å²) in [6.07, 6.45) is -1.01. The van der Waals surface area contributed by atoms with Gasteiger partial charge >= 0.3 is 0 Å². The maximum atomic E-state index is 13.5. The van der Waals surface area contributed by atoms with Crippen LogP contribution in [-0.2, 0) is 21.4 Å². The zero-order valence-corrected chi connectivity index (χ0v) is 19.3. The normalized spacial score (nSPS) is 15.6. The highest BCUT2D eigenvalue weighted by molar-refractivity contribution is 7.92. The second-order valence-corrected chi connectivity index (χ2v) is 10.0. The molecule has 32 heavy (non-hydrogen) atoms. The quantitative estimate of drug-likeness (QED) is 0.605. The Kier molecular flexibility index (Phi) is 6.13. The summed E-state index contributed by atoms with van der Waals surface area (Å²) < 4.78 is 34.1. The fourth-order valence-electron chi connectivity index (χ4n) is 3.50. The first-order valence-electron chi connectivity index (χ1n) is 10.1. The lowest BCUT2D eigenvalue weighted by atomic mass is 10.1. The standard InChI is InChI=1S/C24H23ClN2O4S/c1-16-7-10-19(11-8-16)32(29,30)27-15-23(31-22-12-9-17(2)13-21(22)27)24(28)26-14-18-5-3-4-6-20(18)25/h3-13,23H,14-15H2,1-2H3,(H,26,28)/t23-/m0/s1. The molecule has 0 saturated heterocycles. The Morgan fingerprint density at radius 2 is 1.75 bits per heavy atom. The number of ether oxygens (including phenoxy) is 1. The summed E-state index contributed by atoms with van der Waals surface area (Å²) >= 11 is 6.17. The number of hydrogen-bond donors (Lipinski definition) is 1. The van der Waals surface area contributed by atoms with Gasteiger partial charge in [-0.2, -0.15) is 0 Å². The summed E-state index contributed by atoms with van der Waals surface area (Å²) in [5.74, 6) is -0.0734. The number of halogens is 1. The molecule has 0 bridgehead atoms. The molecule has 4 rings (SSSR count). The number of anilines is 1. The van der Waals surface area contributed by atoms with Gasteiger partial charge in [-0.3, -0.25) is 9.10 Å². The highest BCUT2D eigenvalue weighted by atomic mass is 35.5. The van der Waals surface area contributed by atoms with Crippen LogP contribution in [0.5, 0.6) is 5.75 Å². The molecule has 0 aliphatic carbocycles. The van der Waals surface area contributed by atoms with Crippen molar-refractivity contribution in [1.29, 1.82) is 0 Å². The van der Waals surface area contributed by atoms with Crippen molar-refractivity contribution >= 4 is 33.2 Å². The van der Waals surface area contributed by atoms with Gasteiger partial charge in [-0.25, -0.2) is 8.42 Å². The van der Waals surface area contributed by atoms with E-state index in [0.29, 0.717) is 16.5 Å². The van der Waals surface area contributed by atoms with E-state index in [1.807, 2.05) is 38.1 Å². The summed E-state index contributed by atoms with van der Waals surface area (Å²) in [6, 6.07) is 19.1. The number of rotatable bonds is 5. The summed E-state index contributed by atoms with van der Waals surface area (Å²) in [7, 11) is -3.90. The maximum absolute atomic E-state index is 13.5. The van der Waals surface area contributed by atoms with Crippen LogP contribution in [0.2, 0.25) is 5.02 Å². The number of carbonyl (C=O) groups is 1. The largest absolute Gasteiger partial charge is 0.476 e. The van der Waals surface area contributed by atoms with Gasteiger partial charge in [0.15, 0.2) is 6.10 Å². The topological polar surface area (TPSA) is 75.7 Å². The number of hydrogen-bond acceptors (Lipinski definition) is 4. The lowest BCUT2D eigenvalue weighted by Crippen LogP contribution is -2.50. The van der Waals surface area contributed by atoms with Gasteiger partial charge in [-0.15, -0.1) is 0 Å². The minimum atomic E-state index is -3.90. The summed E-state index contributed by atoms with van der Waals surface area (Å²) in [4.78, 5) is 13.1. The number of sulfonamides is 1. The van der Waals surface area contributed by atoms with Gasteiger partial charge in [0.05, 0.1) is 17.1 Å². The van der Waals surface area contributed by atoms with Crippen molar-refractivity contribution in [2.75, 3.05) is 10.8 Å². The van der Waals surface area contributed by atoms with Crippen molar-refractivity contribution in [2.24, 2.45) is 0 Å². The van der Waals surface area contributed by atoms with Gasteiger partial charge in [0.1, 0.15) is 5.75 Å². The molecule has 1 heterocycles. The van der Waals surface area contributed by atoms with Crippen LogP contribution in [-0.4, -0.2) is 27.0 Å². The first-order valence-corrected chi connectivity index (χ1v) is 12.0. The predicted molar refractivity (Wildman–Crippen MR) is 125 cm³/mol. The van der Waals surface area contributed by atoms with Gasteiger partial charge in [0, 0.05) is 11.6 Å². The van der Waals surface area contributed by atoms with Crippen molar-refractivity contribution in [3.05, 3.63) is 88.4 Å².